The first kappa shape index (κ1) is 12.2. The average molecular weight is 246 g/mol. The van der Waals surface area contributed by atoms with Crippen LogP contribution in [0.5, 0.6) is 0 Å². The molecule has 0 amide bonds. The predicted molar refractivity (Wildman–Crippen MR) is 66.7 cm³/mol. The van der Waals surface area contributed by atoms with E-state index in [1.807, 2.05) is 31.2 Å². The van der Waals surface area contributed by atoms with Crippen molar-refractivity contribution in [3.8, 4) is 0 Å². The highest BCUT2D eigenvalue weighted by Crippen LogP contribution is 2.11. The number of rotatable bonds is 3. The molecule has 94 valence electrons. The van der Waals surface area contributed by atoms with E-state index in [9.17, 15) is 9.59 Å². The van der Waals surface area contributed by atoms with Crippen molar-refractivity contribution in [1.29, 1.82) is 0 Å². The Morgan fingerprint density at radius 3 is 2.50 bits per heavy atom. The molecule has 0 saturated carbocycles. The number of carbonyl (C=O) groups is 1. The molecule has 0 atom stereocenters. The van der Waals surface area contributed by atoms with Gasteiger partial charge < -0.3 is 9.72 Å². The van der Waals surface area contributed by atoms with Crippen LogP contribution in [0.1, 0.15) is 27.3 Å². The molecule has 0 unspecified atom stereocenters. The summed E-state index contributed by atoms with van der Waals surface area (Å²) in [6.07, 6.45) is 0.476. The Balaban J connectivity index is 2.31. The molecule has 0 radical (unpaired) electrons. The van der Waals surface area contributed by atoms with E-state index in [2.05, 4.69) is 14.7 Å². The van der Waals surface area contributed by atoms with E-state index in [-0.39, 0.29) is 5.69 Å². The molecule has 0 aliphatic rings. The Morgan fingerprint density at radius 1 is 1.22 bits per heavy atom. The number of methoxy groups -OCH3 is 1. The normalized spacial score (nSPS) is 10.3. The van der Waals surface area contributed by atoms with Gasteiger partial charge in [-0.2, -0.15) is 0 Å². The Bertz CT molecular complexity index is 608. The summed E-state index contributed by atoms with van der Waals surface area (Å²) < 4.78 is 4.62. The number of imidazole rings is 1. The van der Waals surface area contributed by atoms with E-state index in [1.165, 1.54) is 7.11 Å². The Labute approximate surface area is 104 Å². The zero-order valence-corrected chi connectivity index (χ0v) is 10.2. The molecule has 18 heavy (non-hydrogen) atoms. The second-order valence-electron chi connectivity index (χ2n) is 4.09. The van der Waals surface area contributed by atoms with Crippen molar-refractivity contribution >= 4 is 5.97 Å². The van der Waals surface area contributed by atoms with Crippen LogP contribution in [0.2, 0.25) is 0 Å². The fourth-order valence-corrected chi connectivity index (χ4v) is 1.74. The van der Waals surface area contributed by atoms with Crippen molar-refractivity contribution in [3.63, 3.8) is 0 Å². The molecule has 2 rings (SSSR count). The molecule has 0 saturated heterocycles. The van der Waals surface area contributed by atoms with E-state index in [1.54, 1.807) is 0 Å². The lowest BCUT2D eigenvalue weighted by atomic mass is 10.1. The Morgan fingerprint density at radius 2 is 1.89 bits per heavy atom. The van der Waals surface area contributed by atoms with Gasteiger partial charge in [0.05, 0.1) is 12.8 Å². The van der Waals surface area contributed by atoms with Crippen molar-refractivity contribution in [2.45, 2.75) is 13.3 Å². The molecule has 0 aliphatic heterocycles. The van der Waals surface area contributed by atoms with E-state index in [0.29, 0.717) is 12.1 Å². The van der Waals surface area contributed by atoms with Crippen LogP contribution in [0.3, 0.4) is 0 Å². The minimum absolute atomic E-state index is 0.183. The monoisotopic (exact) mass is 246 g/mol. The van der Waals surface area contributed by atoms with Gasteiger partial charge in [-0.1, -0.05) is 29.8 Å². The number of aryl methyl sites for hydroxylation is 1. The van der Waals surface area contributed by atoms with E-state index >= 15 is 0 Å². The molecule has 0 aliphatic carbocycles. The second-order valence-corrected chi connectivity index (χ2v) is 4.09. The molecule has 2 aromatic rings. The summed E-state index contributed by atoms with van der Waals surface area (Å²) in [7, 11) is 1.28. The number of H-pyrrole nitrogens is 2. The molecule has 0 bridgehead atoms. The minimum atomic E-state index is -0.546. The van der Waals surface area contributed by atoms with Gasteiger partial charge >= 0.3 is 11.7 Å². The fraction of sp³-hybridized carbons (Fsp3) is 0.231. The summed E-state index contributed by atoms with van der Waals surface area (Å²) in [5, 5.41) is 0. The van der Waals surface area contributed by atoms with Gasteiger partial charge in [0.1, 0.15) is 5.69 Å². The van der Waals surface area contributed by atoms with Gasteiger partial charge in [0.2, 0.25) is 0 Å². The van der Waals surface area contributed by atoms with Crippen LogP contribution in [0.4, 0.5) is 0 Å². The number of hydrogen-bond donors (Lipinski definition) is 2. The maximum atomic E-state index is 11.5. The number of ether oxygens (including phenoxy) is 1. The van der Waals surface area contributed by atoms with Crippen molar-refractivity contribution in [2.24, 2.45) is 0 Å². The molecule has 1 aromatic heterocycles. The zero-order valence-electron chi connectivity index (χ0n) is 10.2. The van der Waals surface area contributed by atoms with Crippen LogP contribution in [0.25, 0.3) is 0 Å². The summed E-state index contributed by atoms with van der Waals surface area (Å²) in [5.41, 5.74) is 2.49. The number of aromatic amines is 2. The third-order valence-electron chi connectivity index (χ3n) is 2.70. The van der Waals surface area contributed by atoms with Crippen LogP contribution in [0.15, 0.2) is 29.1 Å². The Hall–Kier alpha value is -2.30. The number of nitrogens with one attached hydrogen (secondary N) is 2. The SMILES string of the molecule is COC(=O)c1[nH]c(=O)[nH]c1Cc1ccc(C)cc1. The van der Waals surface area contributed by atoms with Crippen molar-refractivity contribution < 1.29 is 9.53 Å². The van der Waals surface area contributed by atoms with Crippen LogP contribution in [0, 0.1) is 6.92 Å². The van der Waals surface area contributed by atoms with Crippen LogP contribution >= 0.6 is 0 Å². The molecule has 0 spiro atoms. The summed E-state index contributed by atoms with van der Waals surface area (Å²) in [4.78, 5) is 27.8. The van der Waals surface area contributed by atoms with Crippen molar-refractivity contribution in [1.82, 2.24) is 9.97 Å². The molecular formula is C13H14N2O3. The van der Waals surface area contributed by atoms with Crippen molar-refractivity contribution in [3.05, 3.63) is 57.3 Å². The van der Waals surface area contributed by atoms with Gasteiger partial charge in [0.25, 0.3) is 0 Å². The molecule has 2 N–H and O–H groups in total. The number of aromatic nitrogens is 2. The first-order chi connectivity index (χ1) is 8.60. The number of benzene rings is 1. The number of carbonyl (C=O) groups excluding carboxylic acids is 1. The second kappa shape index (κ2) is 4.91. The highest BCUT2D eigenvalue weighted by molar-refractivity contribution is 5.88. The molecule has 0 fully saturated rings. The summed E-state index contributed by atoms with van der Waals surface area (Å²) in [6.45, 7) is 2.00. The molecule has 5 nitrogen and oxygen atoms in total. The maximum Gasteiger partial charge on any atom is 0.356 e. The summed E-state index contributed by atoms with van der Waals surface area (Å²) in [6, 6.07) is 7.89. The first-order valence-electron chi connectivity index (χ1n) is 5.55. The van der Waals surface area contributed by atoms with Crippen molar-refractivity contribution in [2.75, 3.05) is 7.11 Å². The topological polar surface area (TPSA) is 75.0 Å². The van der Waals surface area contributed by atoms with Gasteiger partial charge in [-0.3, -0.25) is 4.98 Å². The van der Waals surface area contributed by atoms with Crippen LogP contribution in [-0.4, -0.2) is 23.0 Å². The molecule has 5 heteroatoms. The van der Waals surface area contributed by atoms with Crippen LogP contribution < -0.4 is 5.69 Å². The average Bonchev–Trinajstić information content (AvgIpc) is 2.72. The smallest absolute Gasteiger partial charge is 0.356 e. The van der Waals surface area contributed by atoms with Gasteiger partial charge in [-0.05, 0) is 12.5 Å². The summed E-state index contributed by atoms with van der Waals surface area (Å²) >= 11 is 0. The number of hydrogen-bond acceptors (Lipinski definition) is 3. The lowest BCUT2D eigenvalue weighted by molar-refractivity contribution is 0.0593. The summed E-state index contributed by atoms with van der Waals surface area (Å²) in [5.74, 6) is -0.546. The lowest BCUT2D eigenvalue weighted by Gasteiger charge is -2.02. The van der Waals surface area contributed by atoms with Gasteiger partial charge in [0.15, 0.2) is 0 Å². The maximum absolute atomic E-state index is 11.5. The molecule has 1 aromatic carbocycles. The first-order valence-corrected chi connectivity index (χ1v) is 5.55. The van der Waals surface area contributed by atoms with E-state index in [0.717, 1.165) is 11.1 Å². The molecular weight excluding hydrogens is 232 g/mol. The highest BCUT2D eigenvalue weighted by Gasteiger charge is 2.15. The van der Waals surface area contributed by atoms with E-state index < -0.39 is 11.7 Å². The largest absolute Gasteiger partial charge is 0.464 e. The fourth-order valence-electron chi connectivity index (χ4n) is 1.74. The van der Waals surface area contributed by atoms with E-state index in [4.69, 9.17) is 0 Å². The molecule has 1 heterocycles. The third-order valence-corrected chi connectivity index (χ3v) is 2.70. The van der Waals surface area contributed by atoms with Gasteiger partial charge in [0, 0.05) is 6.42 Å². The predicted octanol–water partition coefficient (Wildman–Crippen LogP) is 1.39. The van der Waals surface area contributed by atoms with Crippen LogP contribution in [-0.2, 0) is 11.2 Å². The van der Waals surface area contributed by atoms with Gasteiger partial charge in [-0.25, -0.2) is 9.59 Å². The lowest BCUT2D eigenvalue weighted by Crippen LogP contribution is -2.07. The quantitative estimate of drug-likeness (QED) is 0.803. The Kier molecular flexibility index (Phi) is 3.32. The number of esters is 1. The minimum Gasteiger partial charge on any atom is -0.464 e. The zero-order chi connectivity index (χ0) is 13.1. The highest BCUT2D eigenvalue weighted by atomic mass is 16.5. The van der Waals surface area contributed by atoms with Gasteiger partial charge in [-0.15, -0.1) is 0 Å². The third kappa shape index (κ3) is 2.51. The standard InChI is InChI=1S/C13H14N2O3/c1-8-3-5-9(6-4-8)7-10-11(12(16)18-2)15-13(17)14-10/h3-6H,7H2,1-2H3,(H2,14,15,17).